The van der Waals surface area contributed by atoms with E-state index in [1.165, 1.54) is 6.21 Å². The smallest absolute Gasteiger partial charge is 0.277 e. The molecule has 0 fully saturated rings. The predicted octanol–water partition coefficient (Wildman–Crippen LogP) is 3.79. The van der Waals surface area contributed by atoms with E-state index in [9.17, 15) is 4.79 Å². The van der Waals surface area contributed by atoms with Gasteiger partial charge in [-0.15, -0.1) is 0 Å². The van der Waals surface area contributed by atoms with E-state index in [-0.39, 0.29) is 12.5 Å². The maximum Gasteiger partial charge on any atom is 0.277 e. The first-order valence-corrected chi connectivity index (χ1v) is 7.62. The molecule has 0 aromatic heterocycles. The summed E-state index contributed by atoms with van der Waals surface area (Å²) in [6.45, 7) is 5.86. The lowest BCUT2D eigenvalue weighted by atomic mass is 10.1. The van der Waals surface area contributed by atoms with E-state index in [1.807, 2.05) is 45.0 Å². The number of rotatable bonds is 5. The number of aryl methyl sites for hydroxylation is 2. The topological polar surface area (TPSA) is 50.7 Å². The van der Waals surface area contributed by atoms with Crippen molar-refractivity contribution in [2.75, 3.05) is 6.61 Å². The first-order chi connectivity index (χ1) is 11.0. The van der Waals surface area contributed by atoms with Gasteiger partial charge in [0, 0.05) is 5.02 Å². The number of hydrogen-bond donors (Lipinski definition) is 1. The van der Waals surface area contributed by atoms with Crippen LogP contribution in [-0.4, -0.2) is 18.7 Å². The van der Waals surface area contributed by atoms with Crippen molar-refractivity contribution in [2.24, 2.45) is 5.10 Å². The summed E-state index contributed by atoms with van der Waals surface area (Å²) in [5.74, 6) is 0.433. The van der Waals surface area contributed by atoms with Crippen molar-refractivity contribution in [3.05, 3.63) is 63.7 Å². The number of nitrogens with zero attached hydrogens (tertiary/aromatic N) is 1. The van der Waals surface area contributed by atoms with Crippen molar-refractivity contribution in [1.82, 2.24) is 5.43 Å². The summed E-state index contributed by atoms with van der Waals surface area (Å²) < 4.78 is 5.63. The molecule has 4 nitrogen and oxygen atoms in total. The molecule has 0 unspecified atom stereocenters. The predicted molar refractivity (Wildman–Crippen MR) is 93.3 cm³/mol. The molecule has 0 saturated heterocycles. The van der Waals surface area contributed by atoms with Gasteiger partial charge in [0.2, 0.25) is 0 Å². The third kappa shape index (κ3) is 4.83. The van der Waals surface area contributed by atoms with Gasteiger partial charge < -0.3 is 4.74 Å². The van der Waals surface area contributed by atoms with Crippen molar-refractivity contribution >= 4 is 23.7 Å². The van der Waals surface area contributed by atoms with Crippen molar-refractivity contribution in [2.45, 2.75) is 20.8 Å². The highest BCUT2D eigenvalue weighted by molar-refractivity contribution is 6.30. The first kappa shape index (κ1) is 17.0. The number of halogens is 1. The summed E-state index contributed by atoms with van der Waals surface area (Å²) in [7, 11) is 0. The van der Waals surface area contributed by atoms with Gasteiger partial charge >= 0.3 is 0 Å². The lowest BCUT2D eigenvalue weighted by Crippen LogP contribution is -2.25. The van der Waals surface area contributed by atoms with E-state index < -0.39 is 0 Å². The average molecular weight is 331 g/mol. The molecule has 5 heteroatoms. The zero-order valence-corrected chi connectivity index (χ0v) is 14.1. The van der Waals surface area contributed by atoms with Crippen molar-refractivity contribution in [1.29, 1.82) is 0 Å². The average Bonchev–Trinajstić information content (AvgIpc) is 2.51. The van der Waals surface area contributed by atoms with Crippen LogP contribution in [0.15, 0.2) is 41.5 Å². The van der Waals surface area contributed by atoms with Crippen molar-refractivity contribution in [3.8, 4) is 5.75 Å². The molecule has 1 amide bonds. The highest BCUT2D eigenvalue weighted by Gasteiger charge is 2.08. The quantitative estimate of drug-likeness (QED) is 0.669. The molecule has 0 spiro atoms. The van der Waals surface area contributed by atoms with Gasteiger partial charge in [-0.3, -0.25) is 4.79 Å². The van der Waals surface area contributed by atoms with Crippen LogP contribution >= 0.6 is 11.6 Å². The second-order valence-electron chi connectivity index (χ2n) is 5.29. The van der Waals surface area contributed by atoms with Gasteiger partial charge in [0.15, 0.2) is 6.61 Å². The van der Waals surface area contributed by atoms with Crippen LogP contribution in [-0.2, 0) is 4.79 Å². The molecule has 1 N–H and O–H groups in total. The Balaban J connectivity index is 1.90. The van der Waals surface area contributed by atoms with Crippen LogP contribution in [0.4, 0.5) is 0 Å². The summed E-state index contributed by atoms with van der Waals surface area (Å²) in [5.41, 5.74) is 6.42. The van der Waals surface area contributed by atoms with Crippen LogP contribution in [0.1, 0.15) is 22.3 Å². The van der Waals surface area contributed by atoms with Crippen LogP contribution in [0, 0.1) is 20.8 Å². The molecule has 2 aromatic rings. The largest absolute Gasteiger partial charge is 0.483 e. The van der Waals surface area contributed by atoms with E-state index in [0.29, 0.717) is 5.02 Å². The van der Waals surface area contributed by atoms with Gasteiger partial charge in [-0.1, -0.05) is 35.9 Å². The Hall–Kier alpha value is -2.33. The van der Waals surface area contributed by atoms with E-state index in [4.69, 9.17) is 16.3 Å². The Bertz CT molecular complexity index is 742. The molecule has 0 atom stereocenters. The fraction of sp³-hybridized carbons (Fsp3) is 0.222. The minimum atomic E-state index is -0.316. The second kappa shape index (κ2) is 7.79. The summed E-state index contributed by atoms with van der Waals surface area (Å²) in [6, 6.07) is 11.2. The Labute approximate surface area is 141 Å². The fourth-order valence-corrected chi connectivity index (χ4v) is 2.28. The van der Waals surface area contributed by atoms with Crippen molar-refractivity contribution < 1.29 is 9.53 Å². The standard InChI is InChI=1S/C18H19ClN2O2/c1-12-7-8-13(2)18(14(12)3)23-11-17(22)21-20-10-15-5-4-6-16(19)9-15/h4-10H,11H2,1-3H3,(H,21,22)/b20-10+. The Kier molecular flexibility index (Phi) is 5.77. The molecular weight excluding hydrogens is 312 g/mol. The van der Waals surface area contributed by atoms with Crippen molar-refractivity contribution in [3.63, 3.8) is 0 Å². The number of hydrogen-bond acceptors (Lipinski definition) is 3. The zero-order valence-electron chi connectivity index (χ0n) is 13.4. The summed E-state index contributed by atoms with van der Waals surface area (Å²) in [6.07, 6.45) is 1.53. The fourth-order valence-electron chi connectivity index (χ4n) is 2.08. The summed E-state index contributed by atoms with van der Waals surface area (Å²) in [4.78, 5) is 11.8. The Morgan fingerprint density at radius 3 is 2.70 bits per heavy atom. The van der Waals surface area contributed by atoms with E-state index in [0.717, 1.165) is 28.0 Å². The van der Waals surface area contributed by atoms with Gasteiger partial charge in [-0.25, -0.2) is 5.43 Å². The van der Waals surface area contributed by atoms with Crippen LogP contribution < -0.4 is 10.2 Å². The van der Waals surface area contributed by atoms with Gasteiger partial charge in [-0.2, -0.15) is 5.10 Å². The van der Waals surface area contributed by atoms with Crippen LogP contribution in [0.25, 0.3) is 0 Å². The number of carbonyl (C=O) groups excluding carboxylic acids is 1. The molecule has 0 saturated carbocycles. The minimum absolute atomic E-state index is 0.0853. The SMILES string of the molecule is Cc1ccc(C)c(OCC(=O)N/N=C/c2cccc(Cl)c2)c1C. The zero-order chi connectivity index (χ0) is 16.8. The van der Waals surface area contributed by atoms with Gasteiger partial charge in [0.25, 0.3) is 5.91 Å². The number of benzene rings is 2. The molecule has 0 aliphatic rings. The van der Waals surface area contributed by atoms with Gasteiger partial charge in [0.05, 0.1) is 6.21 Å². The number of nitrogens with one attached hydrogen (secondary N) is 1. The molecule has 0 aliphatic carbocycles. The molecule has 0 heterocycles. The monoisotopic (exact) mass is 330 g/mol. The summed E-state index contributed by atoms with van der Waals surface area (Å²) in [5, 5.41) is 4.51. The normalized spacial score (nSPS) is 10.8. The molecule has 2 rings (SSSR count). The van der Waals surface area contributed by atoms with Gasteiger partial charge in [-0.05, 0) is 55.2 Å². The van der Waals surface area contributed by atoms with E-state index in [1.54, 1.807) is 12.1 Å². The lowest BCUT2D eigenvalue weighted by Gasteiger charge is -2.13. The highest BCUT2D eigenvalue weighted by Crippen LogP contribution is 2.25. The highest BCUT2D eigenvalue weighted by atomic mass is 35.5. The minimum Gasteiger partial charge on any atom is -0.483 e. The molecule has 0 aliphatic heterocycles. The molecule has 23 heavy (non-hydrogen) atoms. The Morgan fingerprint density at radius 1 is 1.22 bits per heavy atom. The van der Waals surface area contributed by atoms with Crippen LogP contribution in [0.5, 0.6) is 5.75 Å². The van der Waals surface area contributed by atoms with Gasteiger partial charge in [0.1, 0.15) is 5.75 Å². The third-order valence-electron chi connectivity index (χ3n) is 3.47. The molecule has 0 bridgehead atoms. The Morgan fingerprint density at radius 2 is 1.96 bits per heavy atom. The molecule has 0 radical (unpaired) electrons. The maximum atomic E-state index is 11.8. The maximum absolute atomic E-state index is 11.8. The molecular formula is C18H19ClN2O2. The number of hydrazone groups is 1. The second-order valence-corrected chi connectivity index (χ2v) is 5.73. The van der Waals surface area contributed by atoms with E-state index >= 15 is 0 Å². The first-order valence-electron chi connectivity index (χ1n) is 7.24. The molecule has 120 valence electrons. The van der Waals surface area contributed by atoms with E-state index in [2.05, 4.69) is 10.5 Å². The molecule has 2 aromatic carbocycles. The number of ether oxygens (including phenoxy) is 1. The number of amides is 1. The summed E-state index contributed by atoms with van der Waals surface area (Å²) >= 11 is 5.88. The van der Waals surface area contributed by atoms with Crippen LogP contribution in [0.3, 0.4) is 0 Å². The third-order valence-corrected chi connectivity index (χ3v) is 3.71. The van der Waals surface area contributed by atoms with Crippen LogP contribution in [0.2, 0.25) is 5.02 Å². The lowest BCUT2D eigenvalue weighted by molar-refractivity contribution is -0.123. The number of carbonyl (C=O) groups is 1.